The summed E-state index contributed by atoms with van der Waals surface area (Å²) in [5.74, 6) is -0.340. The van der Waals surface area contributed by atoms with Gasteiger partial charge >= 0.3 is 0 Å². The first-order valence-corrected chi connectivity index (χ1v) is 11.9. The molecule has 174 valence electrons. The molecule has 7 heteroatoms. The van der Waals surface area contributed by atoms with E-state index in [0.29, 0.717) is 47.4 Å². The van der Waals surface area contributed by atoms with Crippen molar-refractivity contribution in [3.8, 4) is 11.1 Å². The molecule has 1 fully saturated rings. The zero-order valence-electron chi connectivity index (χ0n) is 18.5. The fraction of sp³-hybridized carbons (Fsp3) is 0.222. The van der Waals surface area contributed by atoms with Crippen LogP contribution in [0.15, 0.2) is 72.8 Å². The molecule has 0 aliphatic carbocycles. The third-order valence-corrected chi connectivity index (χ3v) is 6.52. The number of hydrogen-bond acceptors (Lipinski definition) is 3. The van der Waals surface area contributed by atoms with E-state index in [0.717, 1.165) is 11.1 Å². The van der Waals surface area contributed by atoms with Gasteiger partial charge in [0, 0.05) is 49.6 Å². The zero-order valence-corrected chi connectivity index (χ0v) is 20.1. The second-order valence-corrected chi connectivity index (χ2v) is 9.01. The van der Waals surface area contributed by atoms with Crippen molar-refractivity contribution in [2.24, 2.45) is 0 Å². The second kappa shape index (κ2) is 10.9. The van der Waals surface area contributed by atoms with Gasteiger partial charge < -0.3 is 9.80 Å². The van der Waals surface area contributed by atoms with E-state index in [-0.39, 0.29) is 30.4 Å². The van der Waals surface area contributed by atoms with E-state index < -0.39 is 0 Å². The first kappa shape index (κ1) is 24.0. The molecule has 0 aromatic heterocycles. The van der Waals surface area contributed by atoms with Crippen LogP contribution in [0.5, 0.6) is 0 Å². The minimum Gasteiger partial charge on any atom is -0.339 e. The van der Waals surface area contributed by atoms with Crippen molar-refractivity contribution in [1.29, 1.82) is 0 Å². The molecular weight excluding hydrogens is 471 g/mol. The highest BCUT2D eigenvalue weighted by Gasteiger charge is 2.26. The number of carbonyl (C=O) groups is 3. The van der Waals surface area contributed by atoms with Crippen molar-refractivity contribution in [3.63, 3.8) is 0 Å². The van der Waals surface area contributed by atoms with E-state index in [1.165, 1.54) is 0 Å². The SMILES string of the molecule is O=C(CCC(=O)N1CCN(C(=O)c2cc(Cl)ccc2Cl)CC1)c1ccc(-c2ccccc2)cc1. The van der Waals surface area contributed by atoms with Crippen LogP contribution in [0, 0.1) is 0 Å². The standard InChI is InChI=1S/C27H24Cl2N2O3/c28-22-10-11-24(29)23(18-22)27(34)31-16-14-30(15-17-31)26(33)13-12-25(32)21-8-6-20(7-9-21)19-4-2-1-3-5-19/h1-11,18H,12-17H2. The first-order chi connectivity index (χ1) is 16.4. The maximum absolute atomic E-state index is 12.8. The lowest BCUT2D eigenvalue weighted by Crippen LogP contribution is -2.50. The average molecular weight is 495 g/mol. The first-order valence-electron chi connectivity index (χ1n) is 11.1. The summed E-state index contributed by atoms with van der Waals surface area (Å²) >= 11 is 12.1. The lowest BCUT2D eigenvalue weighted by Gasteiger charge is -2.35. The van der Waals surface area contributed by atoms with Crippen molar-refractivity contribution < 1.29 is 14.4 Å². The predicted molar refractivity (Wildman–Crippen MR) is 134 cm³/mol. The Morgan fingerprint density at radius 1 is 0.706 bits per heavy atom. The molecule has 1 heterocycles. The topological polar surface area (TPSA) is 57.7 Å². The van der Waals surface area contributed by atoms with Crippen LogP contribution in [0.1, 0.15) is 33.6 Å². The summed E-state index contributed by atoms with van der Waals surface area (Å²) in [5, 5.41) is 0.796. The Morgan fingerprint density at radius 3 is 2.00 bits per heavy atom. The van der Waals surface area contributed by atoms with Crippen LogP contribution < -0.4 is 0 Å². The van der Waals surface area contributed by atoms with Gasteiger partial charge in [-0.05, 0) is 29.3 Å². The summed E-state index contributed by atoms with van der Waals surface area (Å²) < 4.78 is 0. The maximum atomic E-state index is 12.8. The van der Waals surface area contributed by atoms with Gasteiger partial charge in [0.2, 0.25) is 5.91 Å². The third kappa shape index (κ3) is 5.66. The molecule has 0 atom stereocenters. The molecule has 0 N–H and O–H groups in total. The molecule has 0 saturated carbocycles. The third-order valence-electron chi connectivity index (χ3n) is 5.96. The normalized spacial score (nSPS) is 13.6. The van der Waals surface area contributed by atoms with Crippen LogP contribution in [0.25, 0.3) is 11.1 Å². The van der Waals surface area contributed by atoms with Crippen LogP contribution in [-0.2, 0) is 4.79 Å². The number of rotatable bonds is 6. The summed E-state index contributed by atoms with van der Waals surface area (Å²) in [7, 11) is 0. The summed E-state index contributed by atoms with van der Waals surface area (Å²) in [6, 6.07) is 22.2. The van der Waals surface area contributed by atoms with Gasteiger partial charge in [0.25, 0.3) is 5.91 Å². The summed E-state index contributed by atoms with van der Waals surface area (Å²) in [6.07, 6.45) is 0.300. The highest BCUT2D eigenvalue weighted by atomic mass is 35.5. The van der Waals surface area contributed by atoms with Crippen LogP contribution in [-0.4, -0.2) is 53.6 Å². The highest BCUT2D eigenvalue weighted by Crippen LogP contribution is 2.23. The molecule has 0 spiro atoms. The van der Waals surface area contributed by atoms with E-state index in [9.17, 15) is 14.4 Å². The summed E-state index contributed by atoms with van der Waals surface area (Å²) in [6.45, 7) is 1.65. The van der Waals surface area contributed by atoms with Crippen molar-refractivity contribution >= 4 is 40.8 Å². The number of piperazine rings is 1. The second-order valence-electron chi connectivity index (χ2n) is 8.16. The lowest BCUT2D eigenvalue weighted by molar-refractivity contribution is -0.132. The molecule has 3 aromatic carbocycles. The van der Waals surface area contributed by atoms with Crippen molar-refractivity contribution in [2.75, 3.05) is 26.2 Å². The number of nitrogens with zero attached hydrogens (tertiary/aromatic N) is 2. The quantitative estimate of drug-likeness (QED) is 0.418. The number of amides is 2. The van der Waals surface area contributed by atoms with Crippen molar-refractivity contribution in [2.45, 2.75) is 12.8 Å². The van der Waals surface area contributed by atoms with Crippen LogP contribution in [0.3, 0.4) is 0 Å². The lowest BCUT2D eigenvalue weighted by atomic mass is 10.0. The number of carbonyl (C=O) groups excluding carboxylic acids is 3. The Bertz CT molecular complexity index is 1190. The number of halogens is 2. The van der Waals surface area contributed by atoms with Crippen molar-refractivity contribution in [1.82, 2.24) is 9.80 Å². The number of ketones is 1. The Labute approximate surface area is 208 Å². The Hall–Kier alpha value is -3.15. The molecule has 0 bridgehead atoms. The minimum atomic E-state index is -0.200. The van der Waals surface area contributed by atoms with E-state index in [4.69, 9.17) is 23.2 Å². The van der Waals surface area contributed by atoms with Gasteiger partial charge in [0.05, 0.1) is 10.6 Å². The Kier molecular flexibility index (Phi) is 7.66. The van der Waals surface area contributed by atoms with Gasteiger partial charge in [-0.15, -0.1) is 0 Å². The molecule has 2 amide bonds. The Morgan fingerprint density at radius 2 is 1.32 bits per heavy atom. The van der Waals surface area contributed by atoms with Gasteiger partial charge in [-0.25, -0.2) is 0 Å². The van der Waals surface area contributed by atoms with Gasteiger partial charge in [-0.1, -0.05) is 77.8 Å². The molecule has 1 aliphatic heterocycles. The molecule has 34 heavy (non-hydrogen) atoms. The van der Waals surface area contributed by atoms with Crippen LogP contribution in [0.4, 0.5) is 0 Å². The molecule has 5 nitrogen and oxygen atoms in total. The van der Waals surface area contributed by atoms with Crippen molar-refractivity contribution in [3.05, 3.63) is 94.0 Å². The van der Waals surface area contributed by atoms with E-state index >= 15 is 0 Å². The molecule has 0 unspecified atom stereocenters. The van der Waals surface area contributed by atoms with Gasteiger partial charge in [-0.2, -0.15) is 0 Å². The fourth-order valence-corrected chi connectivity index (χ4v) is 4.36. The molecule has 0 radical (unpaired) electrons. The number of Topliss-reactive ketones (excluding diaryl/α,β-unsaturated/α-hetero) is 1. The van der Waals surface area contributed by atoms with Crippen LogP contribution in [0.2, 0.25) is 10.0 Å². The number of hydrogen-bond donors (Lipinski definition) is 0. The van der Waals surface area contributed by atoms with Gasteiger partial charge in [-0.3, -0.25) is 14.4 Å². The van der Waals surface area contributed by atoms with E-state index in [1.54, 1.807) is 40.1 Å². The Balaban J connectivity index is 1.27. The average Bonchev–Trinajstić information content (AvgIpc) is 2.88. The number of benzene rings is 3. The molecule has 1 aliphatic rings. The van der Waals surface area contributed by atoms with E-state index in [2.05, 4.69) is 0 Å². The molecule has 1 saturated heterocycles. The molecule has 4 rings (SSSR count). The van der Waals surface area contributed by atoms with Crippen LogP contribution >= 0.6 is 23.2 Å². The van der Waals surface area contributed by atoms with E-state index in [1.807, 2.05) is 42.5 Å². The minimum absolute atomic E-state index is 0.0580. The van der Waals surface area contributed by atoms with Gasteiger partial charge in [0.15, 0.2) is 5.78 Å². The predicted octanol–water partition coefficient (Wildman–Crippen LogP) is 5.61. The summed E-state index contributed by atoms with van der Waals surface area (Å²) in [5.41, 5.74) is 3.09. The smallest absolute Gasteiger partial charge is 0.255 e. The maximum Gasteiger partial charge on any atom is 0.255 e. The molecule has 3 aromatic rings. The summed E-state index contributed by atoms with van der Waals surface area (Å²) in [4.78, 5) is 41.4. The monoisotopic (exact) mass is 494 g/mol. The fourth-order valence-electron chi connectivity index (χ4n) is 3.99. The van der Waals surface area contributed by atoms with Gasteiger partial charge in [0.1, 0.15) is 0 Å². The molecular formula is C27H24Cl2N2O3. The largest absolute Gasteiger partial charge is 0.339 e. The zero-order chi connectivity index (χ0) is 24.1. The highest BCUT2D eigenvalue weighted by molar-refractivity contribution is 6.35.